The Hall–Kier alpha value is -2.52. The van der Waals surface area contributed by atoms with E-state index in [2.05, 4.69) is 36.8 Å². The molecule has 0 saturated carbocycles. The van der Waals surface area contributed by atoms with E-state index < -0.39 is 0 Å². The highest BCUT2D eigenvalue weighted by atomic mass is 79.9. The van der Waals surface area contributed by atoms with Crippen LogP contribution < -0.4 is 15.4 Å². The van der Waals surface area contributed by atoms with Gasteiger partial charge in [0.2, 0.25) is 11.8 Å². The minimum Gasteiger partial charge on any atom is -0.497 e. The van der Waals surface area contributed by atoms with Crippen molar-refractivity contribution in [2.24, 2.45) is 0 Å². The molecular weight excluding hydrogens is 432 g/mol. The summed E-state index contributed by atoms with van der Waals surface area (Å²) >= 11 is 4.55. The molecule has 0 aliphatic carbocycles. The van der Waals surface area contributed by atoms with Crippen molar-refractivity contribution in [1.82, 2.24) is 10.2 Å². The molecular formula is C18H17BrN4O3S. The number of methoxy groups -OCH3 is 1. The average molecular weight is 449 g/mol. The van der Waals surface area contributed by atoms with Crippen LogP contribution in [0.2, 0.25) is 0 Å². The van der Waals surface area contributed by atoms with E-state index in [9.17, 15) is 4.79 Å². The molecule has 140 valence electrons. The van der Waals surface area contributed by atoms with Crippen LogP contribution in [0.15, 0.2) is 62.6 Å². The first-order valence-corrected chi connectivity index (χ1v) is 9.79. The van der Waals surface area contributed by atoms with Crippen molar-refractivity contribution in [2.45, 2.75) is 11.8 Å². The van der Waals surface area contributed by atoms with Crippen LogP contribution in [0.4, 0.5) is 11.4 Å². The van der Waals surface area contributed by atoms with Gasteiger partial charge in [-0.05, 0) is 48.5 Å². The van der Waals surface area contributed by atoms with Crippen LogP contribution in [0, 0.1) is 0 Å². The maximum Gasteiger partial charge on any atom is 0.277 e. The monoisotopic (exact) mass is 448 g/mol. The molecule has 1 heterocycles. The lowest BCUT2D eigenvalue weighted by Crippen LogP contribution is -2.13. The quantitative estimate of drug-likeness (QED) is 0.499. The van der Waals surface area contributed by atoms with Crippen LogP contribution in [0.5, 0.6) is 5.75 Å². The fourth-order valence-electron chi connectivity index (χ4n) is 2.11. The molecule has 3 aromatic rings. The third-order valence-corrected chi connectivity index (χ3v) is 4.78. The van der Waals surface area contributed by atoms with Crippen molar-refractivity contribution in [3.63, 3.8) is 0 Å². The number of carbonyl (C=O) groups excluding carboxylic acids is 1. The van der Waals surface area contributed by atoms with E-state index in [4.69, 9.17) is 9.15 Å². The number of halogens is 1. The van der Waals surface area contributed by atoms with Gasteiger partial charge in [0, 0.05) is 15.8 Å². The molecule has 2 aromatic carbocycles. The number of rotatable bonds is 8. The van der Waals surface area contributed by atoms with Gasteiger partial charge in [0.25, 0.3) is 5.22 Å². The molecule has 0 unspecified atom stereocenters. The number of benzene rings is 2. The van der Waals surface area contributed by atoms with Gasteiger partial charge in [-0.25, -0.2) is 0 Å². The summed E-state index contributed by atoms with van der Waals surface area (Å²) in [5.74, 6) is 1.28. The Morgan fingerprint density at radius 1 is 1.11 bits per heavy atom. The van der Waals surface area contributed by atoms with Crippen LogP contribution in [0.3, 0.4) is 0 Å². The van der Waals surface area contributed by atoms with Crippen LogP contribution in [0.25, 0.3) is 0 Å². The molecule has 9 heteroatoms. The minimum atomic E-state index is -0.140. The molecule has 0 saturated heterocycles. The van der Waals surface area contributed by atoms with E-state index in [0.717, 1.165) is 21.6 Å². The number of nitrogens with one attached hydrogen (secondary N) is 2. The number of nitrogens with zero attached hydrogens (tertiary/aromatic N) is 2. The average Bonchev–Trinajstić information content (AvgIpc) is 3.15. The lowest BCUT2D eigenvalue weighted by molar-refractivity contribution is -0.113. The van der Waals surface area contributed by atoms with Gasteiger partial charge < -0.3 is 19.8 Å². The SMILES string of the molecule is COc1ccc(NCc2nnc(SCC(=O)Nc3ccc(Br)cc3)o2)cc1. The Labute approximate surface area is 169 Å². The van der Waals surface area contributed by atoms with E-state index in [1.165, 1.54) is 11.8 Å². The summed E-state index contributed by atoms with van der Waals surface area (Å²) in [5.41, 5.74) is 1.65. The summed E-state index contributed by atoms with van der Waals surface area (Å²) in [6.45, 7) is 0.394. The zero-order valence-electron chi connectivity index (χ0n) is 14.4. The summed E-state index contributed by atoms with van der Waals surface area (Å²) < 4.78 is 11.6. The van der Waals surface area contributed by atoms with Crippen LogP contribution in [0.1, 0.15) is 5.89 Å². The number of amides is 1. The smallest absolute Gasteiger partial charge is 0.277 e. The van der Waals surface area contributed by atoms with Gasteiger partial charge in [-0.15, -0.1) is 10.2 Å². The van der Waals surface area contributed by atoms with Crippen molar-refractivity contribution >= 4 is 45.0 Å². The van der Waals surface area contributed by atoms with E-state index in [-0.39, 0.29) is 11.7 Å². The van der Waals surface area contributed by atoms with Gasteiger partial charge in [0.05, 0.1) is 19.4 Å². The van der Waals surface area contributed by atoms with Crippen molar-refractivity contribution in [2.75, 3.05) is 23.5 Å². The maximum atomic E-state index is 12.0. The zero-order valence-corrected chi connectivity index (χ0v) is 16.8. The molecule has 0 atom stereocenters. The van der Waals surface area contributed by atoms with E-state index in [1.54, 1.807) is 7.11 Å². The van der Waals surface area contributed by atoms with Gasteiger partial charge >= 0.3 is 0 Å². The first kappa shape index (κ1) is 19.2. The van der Waals surface area contributed by atoms with Gasteiger partial charge in [0.15, 0.2) is 0 Å². The predicted octanol–water partition coefficient (Wildman–Crippen LogP) is 4.18. The van der Waals surface area contributed by atoms with E-state index in [0.29, 0.717) is 17.7 Å². The fraction of sp³-hybridized carbons (Fsp3) is 0.167. The Morgan fingerprint density at radius 2 is 1.81 bits per heavy atom. The summed E-state index contributed by atoms with van der Waals surface area (Å²) in [4.78, 5) is 12.0. The highest BCUT2D eigenvalue weighted by Gasteiger charge is 2.10. The van der Waals surface area contributed by atoms with Gasteiger partial charge in [-0.2, -0.15) is 0 Å². The molecule has 0 radical (unpaired) electrons. The van der Waals surface area contributed by atoms with E-state index >= 15 is 0 Å². The molecule has 1 aromatic heterocycles. The second kappa shape index (κ2) is 9.43. The topological polar surface area (TPSA) is 89.3 Å². The Bertz CT molecular complexity index is 884. The van der Waals surface area contributed by atoms with Crippen molar-refractivity contribution < 1.29 is 13.9 Å². The number of anilines is 2. The number of hydrogen-bond acceptors (Lipinski definition) is 7. The third-order valence-electron chi connectivity index (χ3n) is 3.44. The molecule has 0 aliphatic heterocycles. The van der Waals surface area contributed by atoms with Crippen molar-refractivity contribution in [3.05, 3.63) is 58.9 Å². The Balaban J connectivity index is 1.44. The molecule has 7 nitrogen and oxygen atoms in total. The molecule has 3 rings (SSSR count). The first-order valence-electron chi connectivity index (χ1n) is 8.01. The number of aromatic nitrogens is 2. The second-order valence-corrected chi connectivity index (χ2v) is 7.23. The lowest BCUT2D eigenvalue weighted by atomic mass is 10.3. The highest BCUT2D eigenvalue weighted by molar-refractivity contribution is 9.10. The summed E-state index contributed by atoms with van der Waals surface area (Å²) in [5, 5.41) is 14.3. The fourth-order valence-corrected chi connectivity index (χ4v) is 2.96. The molecule has 2 N–H and O–H groups in total. The number of ether oxygens (including phenoxy) is 1. The van der Waals surface area contributed by atoms with Gasteiger partial charge in [-0.1, -0.05) is 27.7 Å². The zero-order chi connectivity index (χ0) is 19.1. The number of carbonyl (C=O) groups is 1. The Kier molecular flexibility index (Phi) is 6.72. The predicted molar refractivity (Wildman–Crippen MR) is 108 cm³/mol. The lowest BCUT2D eigenvalue weighted by Gasteiger charge is -2.04. The van der Waals surface area contributed by atoms with Crippen molar-refractivity contribution in [1.29, 1.82) is 0 Å². The summed E-state index contributed by atoms with van der Waals surface area (Å²) in [6.07, 6.45) is 0. The molecule has 27 heavy (non-hydrogen) atoms. The van der Waals surface area contributed by atoms with Crippen molar-refractivity contribution in [3.8, 4) is 5.75 Å². The normalized spacial score (nSPS) is 10.4. The summed E-state index contributed by atoms with van der Waals surface area (Å²) in [6, 6.07) is 14.9. The standard InChI is InChI=1S/C18H17BrN4O3S/c1-25-15-8-6-13(7-9-15)20-10-17-22-23-18(26-17)27-11-16(24)21-14-4-2-12(19)3-5-14/h2-9,20H,10-11H2,1H3,(H,21,24). The molecule has 0 fully saturated rings. The van der Waals surface area contributed by atoms with Crippen LogP contribution >= 0.6 is 27.7 Å². The van der Waals surface area contributed by atoms with E-state index in [1.807, 2.05) is 48.5 Å². The first-order chi connectivity index (χ1) is 13.1. The molecule has 1 amide bonds. The summed E-state index contributed by atoms with van der Waals surface area (Å²) in [7, 11) is 1.62. The van der Waals surface area contributed by atoms with Crippen LogP contribution in [-0.4, -0.2) is 29.0 Å². The molecule has 0 aliphatic rings. The Morgan fingerprint density at radius 3 is 2.52 bits per heavy atom. The second-order valence-electron chi connectivity index (χ2n) is 5.39. The van der Waals surface area contributed by atoms with Gasteiger partial charge in [0.1, 0.15) is 5.75 Å². The number of thioether (sulfide) groups is 1. The molecule has 0 bridgehead atoms. The van der Waals surface area contributed by atoms with Gasteiger partial charge in [-0.3, -0.25) is 4.79 Å². The minimum absolute atomic E-state index is 0.140. The third kappa shape index (κ3) is 6.00. The highest BCUT2D eigenvalue weighted by Crippen LogP contribution is 2.19. The number of hydrogen-bond donors (Lipinski definition) is 2. The van der Waals surface area contributed by atoms with Crippen LogP contribution in [-0.2, 0) is 11.3 Å². The molecule has 0 spiro atoms. The largest absolute Gasteiger partial charge is 0.497 e. The maximum absolute atomic E-state index is 12.0.